The van der Waals surface area contributed by atoms with E-state index in [0.29, 0.717) is 28.4 Å². The standard InChI is InChI=1S/C28H28N2O5/c1-17-9-12-20(13-10-17)29-25-24(27(31)19-11-14-22(34-4)23(16-19)35-5)26(30(2)28(25)32)18-7-6-8-21(15-18)33-3/h6-16,26,29H,1-5H3/t26-/m1/s1. The van der Waals surface area contributed by atoms with Crippen LogP contribution in [0.1, 0.15) is 27.5 Å². The molecule has 0 spiro atoms. The van der Waals surface area contributed by atoms with Gasteiger partial charge >= 0.3 is 0 Å². The average Bonchev–Trinajstić information content (AvgIpc) is 3.14. The van der Waals surface area contributed by atoms with Gasteiger partial charge in [-0.15, -0.1) is 0 Å². The Balaban J connectivity index is 1.87. The van der Waals surface area contributed by atoms with E-state index < -0.39 is 6.04 Å². The molecule has 7 nitrogen and oxygen atoms in total. The van der Waals surface area contributed by atoms with Crippen LogP contribution in [0.4, 0.5) is 5.69 Å². The normalized spacial score (nSPS) is 15.3. The third-order valence-corrected chi connectivity index (χ3v) is 6.09. The first kappa shape index (κ1) is 23.9. The molecule has 1 N–H and O–H groups in total. The lowest BCUT2D eigenvalue weighted by molar-refractivity contribution is -0.125. The first-order valence-electron chi connectivity index (χ1n) is 11.1. The van der Waals surface area contributed by atoms with E-state index in [9.17, 15) is 9.59 Å². The topological polar surface area (TPSA) is 77.1 Å². The Labute approximate surface area is 204 Å². The van der Waals surface area contributed by atoms with E-state index in [0.717, 1.165) is 16.8 Å². The SMILES string of the molecule is COc1cccc([C@@H]2C(C(=O)c3ccc(OC)c(OC)c3)=C(Nc3ccc(C)cc3)C(=O)N2C)c1. The van der Waals surface area contributed by atoms with Crippen LogP contribution in [0.25, 0.3) is 0 Å². The summed E-state index contributed by atoms with van der Waals surface area (Å²) in [5.41, 5.74) is 3.55. The average molecular weight is 473 g/mol. The van der Waals surface area contributed by atoms with Crippen LogP contribution in [0.15, 0.2) is 78.0 Å². The highest BCUT2D eigenvalue weighted by Gasteiger charge is 2.42. The van der Waals surface area contributed by atoms with Gasteiger partial charge in [0, 0.05) is 18.3 Å². The number of Topliss-reactive ketones (excluding diaryl/α,β-unsaturated/α-hetero) is 1. The Morgan fingerprint density at radius 1 is 0.886 bits per heavy atom. The van der Waals surface area contributed by atoms with Crippen molar-refractivity contribution in [3.63, 3.8) is 0 Å². The van der Waals surface area contributed by atoms with Crippen molar-refractivity contribution < 1.29 is 23.8 Å². The number of ether oxygens (including phenoxy) is 3. The van der Waals surface area contributed by atoms with E-state index in [1.165, 1.54) is 14.2 Å². The molecule has 0 aliphatic carbocycles. The number of nitrogens with zero attached hydrogens (tertiary/aromatic N) is 1. The fourth-order valence-electron chi connectivity index (χ4n) is 4.21. The number of nitrogens with one attached hydrogen (secondary N) is 1. The van der Waals surface area contributed by atoms with Gasteiger partial charge in [0.1, 0.15) is 11.4 Å². The summed E-state index contributed by atoms with van der Waals surface area (Å²) < 4.78 is 16.1. The molecule has 0 unspecified atom stereocenters. The fraction of sp³-hybridized carbons (Fsp3) is 0.214. The second-order valence-electron chi connectivity index (χ2n) is 8.27. The molecule has 3 aromatic carbocycles. The van der Waals surface area contributed by atoms with Crippen LogP contribution < -0.4 is 19.5 Å². The van der Waals surface area contributed by atoms with E-state index in [1.807, 2.05) is 55.5 Å². The number of methoxy groups -OCH3 is 3. The van der Waals surface area contributed by atoms with Crippen LogP contribution in [0.2, 0.25) is 0 Å². The molecule has 3 aromatic rings. The number of likely N-dealkylation sites (N-methyl/N-ethyl adjacent to an activating group) is 1. The van der Waals surface area contributed by atoms with Gasteiger partial charge in [0.15, 0.2) is 17.3 Å². The summed E-state index contributed by atoms with van der Waals surface area (Å²) in [6.45, 7) is 1.99. The van der Waals surface area contributed by atoms with Gasteiger partial charge in [0.2, 0.25) is 0 Å². The van der Waals surface area contributed by atoms with Crippen molar-refractivity contribution in [2.45, 2.75) is 13.0 Å². The Hall–Kier alpha value is -4.26. The molecule has 1 aliphatic heterocycles. The Kier molecular flexibility index (Phi) is 6.78. The second-order valence-corrected chi connectivity index (χ2v) is 8.27. The van der Waals surface area contributed by atoms with Crippen molar-refractivity contribution in [3.05, 3.63) is 94.7 Å². The van der Waals surface area contributed by atoms with E-state index >= 15 is 0 Å². The molecule has 0 saturated carbocycles. The summed E-state index contributed by atoms with van der Waals surface area (Å²) in [5, 5.41) is 3.21. The molecule has 0 fully saturated rings. The first-order chi connectivity index (χ1) is 16.9. The zero-order chi connectivity index (χ0) is 25.1. The molecule has 1 atom stereocenters. The molecule has 0 aromatic heterocycles. The summed E-state index contributed by atoms with van der Waals surface area (Å²) >= 11 is 0. The molecule has 4 rings (SSSR count). The third kappa shape index (κ3) is 4.57. The smallest absolute Gasteiger partial charge is 0.271 e. The minimum absolute atomic E-state index is 0.240. The zero-order valence-corrected chi connectivity index (χ0v) is 20.4. The van der Waals surface area contributed by atoms with Gasteiger partial charge in [-0.3, -0.25) is 9.59 Å². The predicted octanol–water partition coefficient (Wildman–Crippen LogP) is 4.78. The monoisotopic (exact) mass is 472 g/mol. The fourth-order valence-corrected chi connectivity index (χ4v) is 4.21. The number of carbonyl (C=O) groups is 2. The number of benzene rings is 3. The highest BCUT2D eigenvalue weighted by Crippen LogP contribution is 2.41. The number of hydrogen-bond acceptors (Lipinski definition) is 6. The van der Waals surface area contributed by atoms with Crippen LogP contribution in [-0.4, -0.2) is 45.0 Å². The molecule has 1 aliphatic rings. The van der Waals surface area contributed by atoms with Crippen LogP contribution in [-0.2, 0) is 4.79 Å². The van der Waals surface area contributed by atoms with Gasteiger partial charge in [-0.25, -0.2) is 0 Å². The number of rotatable bonds is 8. The largest absolute Gasteiger partial charge is 0.497 e. The zero-order valence-electron chi connectivity index (χ0n) is 20.4. The molecule has 35 heavy (non-hydrogen) atoms. The maximum Gasteiger partial charge on any atom is 0.271 e. The minimum Gasteiger partial charge on any atom is -0.497 e. The van der Waals surface area contributed by atoms with Crippen LogP contribution in [0.5, 0.6) is 17.2 Å². The maximum atomic E-state index is 14.0. The minimum atomic E-state index is -0.605. The van der Waals surface area contributed by atoms with Crippen molar-refractivity contribution in [2.75, 3.05) is 33.7 Å². The number of ketones is 1. The Bertz CT molecular complexity index is 1300. The number of anilines is 1. The second kappa shape index (κ2) is 9.93. The van der Waals surface area contributed by atoms with Crippen LogP contribution >= 0.6 is 0 Å². The van der Waals surface area contributed by atoms with Crippen LogP contribution in [0.3, 0.4) is 0 Å². The molecule has 0 bridgehead atoms. The summed E-state index contributed by atoms with van der Waals surface area (Å²) in [6, 6.07) is 19.4. The number of aryl methyl sites for hydroxylation is 1. The Morgan fingerprint density at radius 2 is 1.60 bits per heavy atom. The van der Waals surface area contributed by atoms with Gasteiger partial charge in [-0.05, 0) is 55.0 Å². The molecule has 7 heteroatoms. The molecular weight excluding hydrogens is 444 g/mol. The highest BCUT2D eigenvalue weighted by molar-refractivity contribution is 6.18. The lowest BCUT2D eigenvalue weighted by Crippen LogP contribution is -2.27. The summed E-state index contributed by atoms with van der Waals surface area (Å²) in [6.07, 6.45) is 0. The van der Waals surface area contributed by atoms with E-state index in [4.69, 9.17) is 14.2 Å². The van der Waals surface area contributed by atoms with Gasteiger partial charge < -0.3 is 24.4 Å². The summed E-state index contributed by atoms with van der Waals surface area (Å²) in [7, 11) is 6.33. The third-order valence-electron chi connectivity index (χ3n) is 6.09. The van der Waals surface area contributed by atoms with Crippen LogP contribution in [0, 0.1) is 6.92 Å². The summed E-state index contributed by atoms with van der Waals surface area (Å²) in [4.78, 5) is 29.0. The number of hydrogen-bond donors (Lipinski definition) is 1. The molecule has 0 saturated heterocycles. The number of amides is 1. The Morgan fingerprint density at radius 3 is 2.26 bits per heavy atom. The van der Waals surface area contributed by atoms with Crippen molar-refractivity contribution >= 4 is 17.4 Å². The first-order valence-corrected chi connectivity index (χ1v) is 11.1. The highest BCUT2D eigenvalue weighted by atomic mass is 16.5. The lowest BCUT2D eigenvalue weighted by Gasteiger charge is -2.23. The van der Waals surface area contributed by atoms with E-state index in [2.05, 4.69) is 5.32 Å². The van der Waals surface area contributed by atoms with Crippen molar-refractivity contribution in [1.82, 2.24) is 4.90 Å². The molecule has 0 radical (unpaired) electrons. The van der Waals surface area contributed by atoms with E-state index in [1.54, 1.807) is 37.3 Å². The van der Waals surface area contributed by atoms with Crippen molar-refractivity contribution in [2.24, 2.45) is 0 Å². The maximum absolute atomic E-state index is 14.0. The van der Waals surface area contributed by atoms with Crippen molar-refractivity contribution in [3.8, 4) is 17.2 Å². The van der Waals surface area contributed by atoms with Gasteiger partial charge in [-0.2, -0.15) is 0 Å². The van der Waals surface area contributed by atoms with Gasteiger partial charge in [0.25, 0.3) is 5.91 Å². The molecule has 1 amide bonds. The van der Waals surface area contributed by atoms with E-state index in [-0.39, 0.29) is 17.4 Å². The predicted molar refractivity (Wildman–Crippen MR) is 134 cm³/mol. The van der Waals surface area contributed by atoms with Gasteiger partial charge in [0.05, 0.1) is 32.9 Å². The quantitative estimate of drug-likeness (QED) is 0.476. The summed E-state index contributed by atoms with van der Waals surface area (Å²) in [5.74, 6) is 1.03. The molecule has 1 heterocycles. The van der Waals surface area contributed by atoms with Crippen molar-refractivity contribution in [1.29, 1.82) is 0 Å². The van der Waals surface area contributed by atoms with Gasteiger partial charge in [-0.1, -0.05) is 29.8 Å². The molecular formula is C28H28N2O5. The number of carbonyl (C=O) groups excluding carboxylic acids is 2. The molecule has 180 valence electrons. The lowest BCUT2D eigenvalue weighted by atomic mass is 9.92.